The smallest absolute Gasteiger partial charge is 0.228 e. The van der Waals surface area contributed by atoms with E-state index >= 15 is 0 Å². The molecule has 202 valence electrons. The normalized spacial score (nSPS) is 20.1. The molecule has 1 amide bonds. The molecule has 0 spiro atoms. The fourth-order valence-corrected chi connectivity index (χ4v) is 5.19. The number of carbonyl (C=O) groups is 1. The number of carbonyl (C=O) groups excluding carboxylic acids is 1. The van der Waals surface area contributed by atoms with Crippen LogP contribution in [0, 0.1) is 5.92 Å². The van der Waals surface area contributed by atoms with Crippen molar-refractivity contribution in [1.29, 1.82) is 0 Å². The molecule has 0 unspecified atom stereocenters. The van der Waals surface area contributed by atoms with Crippen LogP contribution in [0.5, 0.6) is 0 Å². The van der Waals surface area contributed by atoms with Crippen LogP contribution < -0.4 is 15.1 Å². The largest absolute Gasteiger partial charge is 0.389 e. The molecule has 3 aromatic rings. The van der Waals surface area contributed by atoms with Crippen LogP contribution in [-0.2, 0) is 9.53 Å². The second kappa shape index (κ2) is 10.7. The van der Waals surface area contributed by atoms with Gasteiger partial charge in [-0.2, -0.15) is 4.98 Å². The maximum atomic E-state index is 12.3. The van der Waals surface area contributed by atoms with E-state index in [2.05, 4.69) is 34.0 Å². The number of aliphatic hydroxyl groups excluding tert-OH is 1. The Morgan fingerprint density at radius 2 is 1.89 bits per heavy atom. The Balaban J connectivity index is 1.38. The molecule has 5 heterocycles. The van der Waals surface area contributed by atoms with Crippen LogP contribution >= 0.6 is 0 Å². The van der Waals surface area contributed by atoms with E-state index < -0.39 is 6.10 Å². The number of anilines is 4. The summed E-state index contributed by atoms with van der Waals surface area (Å²) in [6, 6.07) is 3.81. The van der Waals surface area contributed by atoms with Gasteiger partial charge in [-0.15, -0.1) is 0 Å². The summed E-state index contributed by atoms with van der Waals surface area (Å²) in [5, 5.41) is 15.7. The number of aliphatic hydroxyl groups is 1. The van der Waals surface area contributed by atoms with Gasteiger partial charge in [-0.1, -0.05) is 13.8 Å². The first kappa shape index (κ1) is 26.1. The molecule has 11 nitrogen and oxygen atoms in total. The van der Waals surface area contributed by atoms with Gasteiger partial charge in [-0.3, -0.25) is 9.78 Å². The van der Waals surface area contributed by atoms with Crippen molar-refractivity contribution in [3.63, 3.8) is 0 Å². The molecular weight excluding hydrogens is 484 g/mol. The van der Waals surface area contributed by atoms with Gasteiger partial charge in [0.1, 0.15) is 11.6 Å². The van der Waals surface area contributed by atoms with Crippen LogP contribution in [0.4, 0.5) is 23.3 Å². The predicted molar refractivity (Wildman–Crippen MR) is 147 cm³/mol. The van der Waals surface area contributed by atoms with Crippen LogP contribution in [0.25, 0.3) is 10.8 Å². The third-order valence-corrected chi connectivity index (χ3v) is 7.35. The van der Waals surface area contributed by atoms with Gasteiger partial charge in [0.15, 0.2) is 0 Å². The summed E-state index contributed by atoms with van der Waals surface area (Å²) in [5.74, 6) is 2.22. The van der Waals surface area contributed by atoms with Crippen molar-refractivity contribution >= 4 is 40.0 Å². The Morgan fingerprint density at radius 3 is 2.58 bits per heavy atom. The quantitative estimate of drug-likeness (QED) is 0.480. The average Bonchev–Trinajstić information content (AvgIpc) is 2.87. The second-order valence-corrected chi connectivity index (χ2v) is 10.6. The minimum absolute atomic E-state index is 0.00656. The number of piperidine rings is 1. The Kier molecular flexibility index (Phi) is 7.31. The van der Waals surface area contributed by atoms with Gasteiger partial charge in [-0.25, -0.2) is 9.97 Å². The van der Waals surface area contributed by atoms with Crippen molar-refractivity contribution < 1.29 is 14.6 Å². The maximum absolute atomic E-state index is 12.3. The van der Waals surface area contributed by atoms with Gasteiger partial charge >= 0.3 is 0 Å². The molecule has 2 N–H and O–H groups in total. The number of nitrogens with zero attached hydrogens (tertiary/aromatic N) is 7. The lowest BCUT2D eigenvalue weighted by atomic mass is 9.96. The Labute approximate surface area is 222 Å². The molecule has 11 heteroatoms. The van der Waals surface area contributed by atoms with Crippen molar-refractivity contribution in [1.82, 2.24) is 24.8 Å². The van der Waals surface area contributed by atoms with Crippen molar-refractivity contribution in [2.24, 2.45) is 5.92 Å². The summed E-state index contributed by atoms with van der Waals surface area (Å²) in [6.07, 6.45) is 5.43. The first-order valence-corrected chi connectivity index (χ1v) is 13.1. The molecule has 38 heavy (non-hydrogen) atoms. The van der Waals surface area contributed by atoms with Crippen LogP contribution in [0.2, 0.25) is 0 Å². The van der Waals surface area contributed by atoms with Crippen molar-refractivity contribution in [2.75, 3.05) is 62.5 Å². The van der Waals surface area contributed by atoms with E-state index in [0.717, 1.165) is 22.2 Å². The van der Waals surface area contributed by atoms with Gasteiger partial charge in [0.05, 0.1) is 35.7 Å². The molecule has 0 aliphatic carbocycles. The highest BCUT2D eigenvalue weighted by Crippen LogP contribution is 2.35. The highest BCUT2D eigenvalue weighted by atomic mass is 16.5. The molecule has 3 aromatic heterocycles. The predicted octanol–water partition coefficient (Wildman–Crippen LogP) is 2.40. The van der Waals surface area contributed by atoms with E-state index in [4.69, 9.17) is 14.7 Å². The number of nitrogens with one attached hydrogen (secondary N) is 1. The zero-order valence-corrected chi connectivity index (χ0v) is 22.6. The van der Waals surface area contributed by atoms with E-state index in [1.807, 2.05) is 23.4 Å². The van der Waals surface area contributed by atoms with Crippen LogP contribution in [0.1, 0.15) is 31.9 Å². The third kappa shape index (κ3) is 5.08. The summed E-state index contributed by atoms with van der Waals surface area (Å²) in [7, 11) is 5.22. The molecule has 2 fully saturated rings. The SMILES string of the molecule is CO[C@H]1CCN(c2nccc(Nc3cc4c(C(C)C)ncc(N5CC(C(=O)N(C)C)C5)c4cn3)n2)C[C@H]1O. The van der Waals surface area contributed by atoms with Gasteiger partial charge in [-0.05, 0) is 24.5 Å². The number of hydrogen-bond donors (Lipinski definition) is 2. The van der Waals surface area contributed by atoms with E-state index in [1.165, 1.54) is 0 Å². The van der Waals surface area contributed by atoms with E-state index in [0.29, 0.717) is 50.2 Å². The molecule has 0 radical (unpaired) electrons. The molecule has 2 atom stereocenters. The van der Waals surface area contributed by atoms with Gasteiger partial charge in [0, 0.05) is 70.6 Å². The summed E-state index contributed by atoms with van der Waals surface area (Å²) >= 11 is 0. The molecular formula is C27H36N8O3. The minimum Gasteiger partial charge on any atom is -0.389 e. The first-order chi connectivity index (χ1) is 18.2. The monoisotopic (exact) mass is 520 g/mol. The Hall–Kier alpha value is -3.57. The zero-order valence-electron chi connectivity index (χ0n) is 22.6. The van der Waals surface area contributed by atoms with Crippen molar-refractivity contribution in [3.05, 3.63) is 36.4 Å². The highest BCUT2D eigenvalue weighted by molar-refractivity contribution is 5.97. The number of hydrogen-bond acceptors (Lipinski definition) is 10. The van der Waals surface area contributed by atoms with Crippen LogP contribution in [-0.4, -0.2) is 95.4 Å². The second-order valence-electron chi connectivity index (χ2n) is 10.6. The summed E-state index contributed by atoms with van der Waals surface area (Å²) in [5.41, 5.74) is 1.99. The number of amides is 1. The topological polar surface area (TPSA) is 120 Å². The molecule has 0 aromatic carbocycles. The number of pyridine rings is 2. The molecule has 5 rings (SSSR count). The molecule has 0 saturated carbocycles. The number of methoxy groups -OCH3 is 1. The first-order valence-electron chi connectivity index (χ1n) is 13.1. The Morgan fingerprint density at radius 1 is 1.11 bits per heavy atom. The summed E-state index contributed by atoms with van der Waals surface area (Å²) < 4.78 is 5.35. The lowest BCUT2D eigenvalue weighted by Gasteiger charge is -2.41. The molecule has 2 aliphatic rings. The lowest BCUT2D eigenvalue weighted by molar-refractivity contribution is -0.133. The van der Waals surface area contributed by atoms with E-state index in [9.17, 15) is 9.90 Å². The van der Waals surface area contributed by atoms with Gasteiger partial charge < -0.3 is 29.9 Å². The lowest BCUT2D eigenvalue weighted by Crippen LogP contribution is -2.53. The van der Waals surface area contributed by atoms with Crippen LogP contribution in [0.3, 0.4) is 0 Å². The van der Waals surface area contributed by atoms with Crippen molar-refractivity contribution in [3.8, 4) is 0 Å². The third-order valence-electron chi connectivity index (χ3n) is 7.35. The maximum Gasteiger partial charge on any atom is 0.228 e. The average molecular weight is 521 g/mol. The number of aromatic nitrogens is 4. The van der Waals surface area contributed by atoms with E-state index in [1.54, 1.807) is 38.4 Å². The van der Waals surface area contributed by atoms with Crippen LogP contribution in [0.15, 0.2) is 30.7 Å². The zero-order chi connectivity index (χ0) is 27.0. The Bertz CT molecular complexity index is 1310. The summed E-state index contributed by atoms with van der Waals surface area (Å²) in [6.45, 7) is 6.73. The molecule has 0 bridgehead atoms. The number of fused-ring (bicyclic) bond motifs is 1. The fourth-order valence-electron chi connectivity index (χ4n) is 5.19. The van der Waals surface area contributed by atoms with Gasteiger partial charge in [0.25, 0.3) is 0 Å². The highest BCUT2D eigenvalue weighted by Gasteiger charge is 2.35. The molecule has 2 saturated heterocycles. The molecule has 2 aliphatic heterocycles. The minimum atomic E-state index is -0.588. The number of ether oxygens (including phenoxy) is 1. The van der Waals surface area contributed by atoms with E-state index in [-0.39, 0.29) is 23.8 Å². The summed E-state index contributed by atoms with van der Waals surface area (Å²) in [4.78, 5) is 36.7. The number of β-amino-alcohol motifs (C(OH)–C–C–N with tert-alkyl or cyclic N) is 1. The fraction of sp³-hybridized carbons (Fsp3) is 0.519. The van der Waals surface area contributed by atoms with Crippen molar-refractivity contribution in [2.45, 2.75) is 38.4 Å². The van der Waals surface area contributed by atoms with Gasteiger partial charge in [0.2, 0.25) is 11.9 Å². The standard InChI is InChI=1S/C27H36N8O3/c1-16(2)25-18-10-24(29-11-19(18)20(12-30-25)35-13-17(14-35)26(37)33(3)4)31-23-6-8-28-27(32-23)34-9-7-22(38-5)21(36)15-34/h6,8,10-12,16-17,21-22,36H,7,9,13-15H2,1-5H3,(H,28,29,31,32)/t21-,22+/m1/s1. The number of rotatable bonds is 7.